The Morgan fingerprint density at radius 1 is 1.03 bits per heavy atom. The van der Waals surface area contributed by atoms with Crippen LogP contribution in [-0.4, -0.2) is 56.2 Å². The van der Waals surface area contributed by atoms with Gasteiger partial charge in [0.1, 0.15) is 0 Å². The first kappa shape index (κ1) is 19.5. The minimum atomic E-state index is -0.0436. The van der Waals surface area contributed by atoms with Gasteiger partial charge >= 0.3 is 0 Å². The Kier molecular flexibility index (Phi) is 5.30. The molecule has 0 radical (unpaired) electrons. The Hall–Kier alpha value is -2.83. The molecule has 0 N–H and O–H groups in total. The molecular formula is C22H27N5O2. The molecule has 2 saturated heterocycles. The number of aryl methyl sites for hydroxylation is 2. The van der Waals surface area contributed by atoms with Crippen LogP contribution in [0.25, 0.3) is 0 Å². The summed E-state index contributed by atoms with van der Waals surface area (Å²) in [4.78, 5) is 42.3. The van der Waals surface area contributed by atoms with Crippen molar-refractivity contribution in [1.29, 1.82) is 0 Å². The molecule has 4 rings (SSSR count). The summed E-state index contributed by atoms with van der Waals surface area (Å²) in [6, 6.07) is 3.72. The van der Waals surface area contributed by atoms with Gasteiger partial charge in [0.2, 0.25) is 5.91 Å². The lowest BCUT2D eigenvalue weighted by molar-refractivity contribution is -0.139. The third-order valence-corrected chi connectivity index (χ3v) is 6.04. The van der Waals surface area contributed by atoms with E-state index in [9.17, 15) is 9.59 Å². The number of hydrogen-bond acceptors (Lipinski definition) is 5. The minimum absolute atomic E-state index is 0.0319. The van der Waals surface area contributed by atoms with Crippen LogP contribution in [0.4, 0.5) is 0 Å². The highest BCUT2D eigenvalue weighted by atomic mass is 16.2. The first-order valence-corrected chi connectivity index (χ1v) is 10.2. The Morgan fingerprint density at radius 3 is 2.59 bits per heavy atom. The van der Waals surface area contributed by atoms with Crippen molar-refractivity contribution in [2.24, 2.45) is 5.41 Å². The summed E-state index contributed by atoms with van der Waals surface area (Å²) >= 11 is 0. The van der Waals surface area contributed by atoms with Crippen LogP contribution in [0.2, 0.25) is 0 Å². The van der Waals surface area contributed by atoms with E-state index >= 15 is 0 Å². The number of piperidine rings is 2. The number of pyridine rings is 1. The zero-order chi connectivity index (χ0) is 20.4. The SMILES string of the molecule is Cc1ccc(C(=O)N2CCC[C@]3(CCC(=O)N(Cc4cnc(C)cn4)C3)C2)cn1. The predicted molar refractivity (Wildman–Crippen MR) is 108 cm³/mol. The summed E-state index contributed by atoms with van der Waals surface area (Å²) in [5.74, 6) is 0.189. The van der Waals surface area contributed by atoms with Gasteiger partial charge in [0, 0.05) is 49.6 Å². The molecule has 29 heavy (non-hydrogen) atoms. The summed E-state index contributed by atoms with van der Waals surface area (Å²) < 4.78 is 0. The number of aromatic nitrogens is 3. The van der Waals surface area contributed by atoms with E-state index in [2.05, 4.69) is 15.0 Å². The number of amides is 2. The van der Waals surface area contributed by atoms with Crippen molar-refractivity contribution < 1.29 is 9.59 Å². The van der Waals surface area contributed by atoms with Gasteiger partial charge in [0.05, 0.1) is 29.7 Å². The van der Waals surface area contributed by atoms with Crippen LogP contribution in [0.5, 0.6) is 0 Å². The van der Waals surface area contributed by atoms with E-state index in [1.165, 1.54) is 0 Å². The molecule has 0 aliphatic carbocycles. The second-order valence-corrected chi connectivity index (χ2v) is 8.42. The molecule has 2 aromatic rings. The lowest BCUT2D eigenvalue weighted by Gasteiger charge is -2.48. The average Bonchev–Trinajstić information content (AvgIpc) is 2.73. The summed E-state index contributed by atoms with van der Waals surface area (Å²) in [6.45, 7) is 6.39. The molecule has 2 amide bonds. The highest BCUT2D eigenvalue weighted by Gasteiger charge is 2.42. The molecule has 2 fully saturated rings. The predicted octanol–water partition coefficient (Wildman–Crippen LogP) is 2.53. The van der Waals surface area contributed by atoms with Crippen LogP contribution < -0.4 is 0 Å². The molecule has 4 heterocycles. The van der Waals surface area contributed by atoms with Crippen molar-refractivity contribution in [3.8, 4) is 0 Å². The summed E-state index contributed by atoms with van der Waals surface area (Å²) in [7, 11) is 0. The van der Waals surface area contributed by atoms with Crippen molar-refractivity contribution in [3.63, 3.8) is 0 Å². The van der Waals surface area contributed by atoms with E-state index in [0.717, 1.165) is 42.9 Å². The number of carbonyl (C=O) groups excluding carboxylic acids is 2. The summed E-state index contributed by atoms with van der Waals surface area (Å²) in [5.41, 5.74) is 3.15. The normalized spacial score (nSPS) is 22.2. The monoisotopic (exact) mass is 393 g/mol. The fourth-order valence-electron chi connectivity index (χ4n) is 4.43. The minimum Gasteiger partial charge on any atom is -0.338 e. The van der Waals surface area contributed by atoms with Crippen LogP contribution in [-0.2, 0) is 11.3 Å². The molecule has 0 bridgehead atoms. The van der Waals surface area contributed by atoms with Crippen LogP contribution >= 0.6 is 0 Å². The fourth-order valence-corrected chi connectivity index (χ4v) is 4.43. The maximum Gasteiger partial charge on any atom is 0.255 e. The van der Waals surface area contributed by atoms with Gasteiger partial charge in [-0.25, -0.2) is 0 Å². The number of nitrogens with zero attached hydrogens (tertiary/aromatic N) is 5. The van der Waals surface area contributed by atoms with E-state index in [1.54, 1.807) is 18.6 Å². The van der Waals surface area contributed by atoms with Crippen molar-refractivity contribution in [1.82, 2.24) is 24.8 Å². The third kappa shape index (κ3) is 4.28. The number of hydrogen-bond donors (Lipinski definition) is 0. The highest BCUT2D eigenvalue weighted by molar-refractivity contribution is 5.94. The van der Waals surface area contributed by atoms with Crippen molar-refractivity contribution in [2.75, 3.05) is 19.6 Å². The molecule has 0 unspecified atom stereocenters. The average molecular weight is 393 g/mol. The maximum absolute atomic E-state index is 13.0. The maximum atomic E-state index is 13.0. The third-order valence-electron chi connectivity index (χ3n) is 6.04. The fraction of sp³-hybridized carbons (Fsp3) is 0.500. The van der Waals surface area contributed by atoms with E-state index in [0.29, 0.717) is 31.6 Å². The highest BCUT2D eigenvalue weighted by Crippen LogP contribution is 2.39. The Bertz CT molecular complexity index is 890. The lowest BCUT2D eigenvalue weighted by atomic mass is 9.73. The van der Waals surface area contributed by atoms with Crippen molar-refractivity contribution >= 4 is 11.8 Å². The molecule has 7 nitrogen and oxygen atoms in total. The standard InChI is InChI=1S/C22H27N5O2/c1-16-4-5-18(11-23-16)21(29)26-9-3-7-22(14-26)8-6-20(28)27(15-22)13-19-12-24-17(2)10-25-19/h4-5,10-12H,3,6-9,13-15H2,1-2H3/t22-/m0/s1. The first-order valence-electron chi connectivity index (χ1n) is 10.2. The summed E-state index contributed by atoms with van der Waals surface area (Å²) in [5, 5.41) is 0. The second kappa shape index (κ2) is 7.89. The zero-order valence-electron chi connectivity index (χ0n) is 17.1. The Morgan fingerprint density at radius 2 is 1.86 bits per heavy atom. The van der Waals surface area contributed by atoms with E-state index < -0.39 is 0 Å². The topological polar surface area (TPSA) is 79.3 Å². The van der Waals surface area contributed by atoms with Crippen molar-refractivity contribution in [3.05, 3.63) is 53.4 Å². The second-order valence-electron chi connectivity index (χ2n) is 8.42. The van der Waals surface area contributed by atoms with Crippen LogP contribution in [0.1, 0.15) is 53.1 Å². The van der Waals surface area contributed by atoms with Gasteiger partial charge in [-0.15, -0.1) is 0 Å². The van der Waals surface area contributed by atoms with Gasteiger partial charge in [0.25, 0.3) is 5.91 Å². The number of rotatable bonds is 3. The molecule has 2 aliphatic rings. The van der Waals surface area contributed by atoms with Gasteiger partial charge in [-0.2, -0.15) is 0 Å². The molecule has 0 aromatic carbocycles. The van der Waals surface area contributed by atoms with Gasteiger partial charge in [-0.1, -0.05) is 0 Å². The summed E-state index contributed by atoms with van der Waals surface area (Å²) in [6.07, 6.45) is 8.47. The van der Waals surface area contributed by atoms with E-state index in [-0.39, 0.29) is 17.2 Å². The van der Waals surface area contributed by atoms with E-state index in [1.807, 2.05) is 35.8 Å². The number of carbonyl (C=O) groups is 2. The molecule has 2 aliphatic heterocycles. The van der Waals surface area contributed by atoms with Gasteiger partial charge in [-0.3, -0.25) is 24.5 Å². The smallest absolute Gasteiger partial charge is 0.255 e. The largest absolute Gasteiger partial charge is 0.338 e. The molecule has 1 atom stereocenters. The van der Waals surface area contributed by atoms with Gasteiger partial charge in [-0.05, 0) is 45.2 Å². The Labute approximate surface area is 171 Å². The van der Waals surface area contributed by atoms with E-state index in [4.69, 9.17) is 0 Å². The number of likely N-dealkylation sites (tertiary alicyclic amines) is 2. The molecule has 7 heteroatoms. The molecule has 1 spiro atoms. The first-order chi connectivity index (χ1) is 13.9. The molecular weight excluding hydrogens is 366 g/mol. The lowest BCUT2D eigenvalue weighted by Crippen LogP contribution is -2.54. The van der Waals surface area contributed by atoms with Gasteiger partial charge < -0.3 is 9.80 Å². The van der Waals surface area contributed by atoms with Gasteiger partial charge in [0.15, 0.2) is 0 Å². The molecule has 152 valence electrons. The van der Waals surface area contributed by atoms with Crippen molar-refractivity contribution in [2.45, 2.75) is 46.1 Å². The van der Waals surface area contributed by atoms with Crippen LogP contribution in [0.15, 0.2) is 30.7 Å². The molecule has 2 aromatic heterocycles. The quantitative estimate of drug-likeness (QED) is 0.801. The zero-order valence-corrected chi connectivity index (χ0v) is 17.1. The molecule has 0 saturated carbocycles. The Balaban J connectivity index is 1.47. The van der Waals surface area contributed by atoms with Crippen LogP contribution in [0.3, 0.4) is 0 Å². The van der Waals surface area contributed by atoms with Crippen LogP contribution in [0, 0.1) is 19.3 Å².